The minimum absolute atomic E-state index is 0.186. The highest BCUT2D eigenvalue weighted by Gasteiger charge is 2.22. The van der Waals surface area contributed by atoms with Gasteiger partial charge >= 0.3 is 0 Å². The molecule has 1 heterocycles. The van der Waals surface area contributed by atoms with E-state index in [1.54, 1.807) is 23.9 Å². The van der Waals surface area contributed by atoms with Crippen molar-refractivity contribution < 1.29 is 4.39 Å². The van der Waals surface area contributed by atoms with Crippen LogP contribution in [0.3, 0.4) is 0 Å². The number of thioether (sulfide) groups is 1. The van der Waals surface area contributed by atoms with Crippen LogP contribution in [0.5, 0.6) is 0 Å². The zero-order valence-corrected chi connectivity index (χ0v) is 11.1. The molecule has 2 N–H and O–H groups in total. The number of halogens is 1. The lowest BCUT2D eigenvalue weighted by Crippen LogP contribution is -2.23. The largest absolute Gasteiger partial charge is 0.327 e. The first-order valence-corrected chi connectivity index (χ1v) is 6.48. The third kappa shape index (κ3) is 2.70. The second-order valence-electron chi connectivity index (χ2n) is 4.09. The molecule has 1 aromatic heterocycles. The van der Waals surface area contributed by atoms with Gasteiger partial charge in [-0.15, -0.1) is 0 Å². The van der Waals surface area contributed by atoms with Gasteiger partial charge in [0.25, 0.3) is 0 Å². The van der Waals surface area contributed by atoms with Crippen molar-refractivity contribution in [2.75, 3.05) is 0 Å². The maximum atomic E-state index is 13.8. The molecule has 0 aliphatic rings. The zero-order valence-electron chi connectivity index (χ0n) is 10.2. The van der Waals surface area contributed by atoms with E-state index in [2.05, 4.69) is 10.1 Å². The van der Waals surface area contributed by atoms with Crippen LogP contribution >= 0.6 is 11.8 Å². The van der Waals surface area contributed by atoms with Gasteiger partial charge in [0.2, 0.25) is 0 Å². The van der Waals surface area contributed by atoms with Gasteiger partial charge in [0.15, 0.2) is 5.16 Å². The smallest absolute Gasteiger partial charge is 0.186 e. The Labute approximate surface area is 109 Å². The van der Waals surface area contributed by atoms with Gasteiger partial charge in [0.1, 0.15) is 12.1 Å². The summed E-state index contributed by atoms with van der Waals surface area (Å²) in [5, 5.41) is 4.53. The highest BCUT2D eigenvalue weighted by atomic mass is 32.2. The molecular formula is C12H15FN4S. The fourth-order valence-corrected chi connectivity index (χ4v) is 2.73. The quantitative estimate of drug-likeness (QED) is 0.861. The van der Waals surface area contributed by atoms with E-state index in [0.717, 1.165) is 5.16 Å². The lowest BCUT2D eigenvalue weighted by Gasteiger charge is -2.20. The van der Waals surface area contributed by atoms with Crippen LogP contribution in [-0.4, -0.2) is 20.8 Å². The Morgan fingerprint density at radius 1 is 1.39 bits per heavy atom. The van der Waals surface area contributed by atoms with Crippen LogP contribution < -0.4 is 5.73 Å². The summed E-state index contributed by atoms with van der Waals surface area (Å²) in [4.78, 5) is 4.13. The Kier molecular flexibility index (Phi) is 3.98. The van der Waals surface area contributed by atoms with Crippen molar-refractivity contribution >= 4 is 11.8 Å². The molecule has 0 saturated heterocycles. The number of rotatable bonds is 4. The fraction of sp³-hybridized carbons (Fsp3) is 0.333. The van der Waals surface area contributed by atoms with Crippen molar-refractivity contribution in [3.8, 4) is 0 Å². The third-order valence-electron chi connectivity index (χ3n) is 2.59. The molecule has 4 nitrogen and oxygen atoms in total. The Hall–Kier alpha value is -1.40. The summed E-state index contributed by atoms with van der Waals surface area (Å²) in [5.74, 6) is -0.241. The van der Waals surface area contributed by atoms with Crippen LogP contribution in [0, 0.1) is 5.82 Å². The topological polar surface area (TPSA) is 56.7 Å². The first-order valence-electron chi connectivity index (χ1n) is 5.60. The van der Waals surface area contributed by atoms with Crippen LogP contribution in [0.25, 0.3) is 0 Å². The van der Waals surface area contributed by atoms with E-state index in [0.29, 0.717) is 5.56 Å². The van der Waals surface area contributed by atoms with E-state index in [-0.39, 0.29) is 17.1 Å². The minimum atomic E-state index is -0.241. The first-order chi connectivity index (χ1) is 8.59. The van der Waals surface area contributed by atoms with Crippen molar-refractivity contribution in [1.82, 2.24) is 14.8 Å². The number of benzene rings is 1. The second kappa shape index (κ2) is 5.49. The van der Waals surface area contributed by atoms with Crippen LogP contribution in [0.4, 0.5) is 4.39 Å². The Balaban J connectivity index is 2.30. The Morgan fingerprint density at radius 3 is 2.67 bits per heavy atom. The van der Waals surface area contributed by atoms with Gasteiger partial charge in [-0.25, -0.2) is 14.1 Å². The minimum Gasteiger partial charge on any atom is -0.327 e. The molecule has 0 saturated carbocycles. The standard InChI is InChI=1S/C12H15FN4S/c1-8(14)11(9-5-3-4-6-10(9)13)18-12-15-7-16-17(12)2/h3-8,11H,14H2,1-2H3. The van der Waals surface area contributed by atoms with Gasteiger partial charge in [-0.1, -0.05) is 30.0 Å². The number of aromatic nitrogens is 3. The highest BCUT2D eigenvalue weighted by Crippen LogP contribution is 2.36. The summed E-state index contributed by atoms with van der Waals surface area (Å²) >= 11 is 1.42. The van der Waals surface area contributed by atoms with Crippen LogP contribution in [0.15, 0.2) is 35.7 Å². The van der Waals surface area contributed by atoms with E-state index in [4.69, 9.17) is 5.73 Å². The molecule has 0 aliphatic carbocycles. The summed E-state index contributed by atoms with van der Waals surface area (Å²) < 4.78 is 15.5. The molecular weight excluding hydrogens is 251 g/mol. The SMILES string of the molecule is CC(N)C(Sc1ncnn1C)c1ccccc1F. The average molecular weight is 266 g/mol. The summed E-state index contributed by atoms with van der Waals surface area (Å²) in [6.07, 6.45) is 1.47. The molecule has 96 valence electrons. The van der Waals surface area contributed by atoms with Crippen LogP contribution in [0.1, 0.15) is 17.7 Å². The zero-order chi connectivity index (χ0) is 13.1. The number of nitrogens with zero attached hydrogens (tertiary/aromatic N) is 3. The van der Waals surface area contributed by atoms with Crippen molar-refractivity contribution in [3.63, 3.8) is 0 Å². The fourth-order valence-electron chi connectivity index (χ4n) is 1.67. The molecule has 0 fully saturated rings. The molecule has 6 heteroatoms. The lowest BCUT2D eigenvalue weighted by molar-refractivity contribution is 0.590. The van der Waals surface area contributed by atoms with Crippen LogP contribution in [-0.2, 0) is 7.05 Å². The van der Waals surface area contributed by atoms with Gasteiger partial charge in [-0.3, -0.25) is 0 Å². The maximum absolute atomic E-state index is 13.8. The number of hydrogen-bond acceptors (Lipinski definition) is 4. The predicted octanol–water partition coefficient (Wildman–Crippen LogP) is 2.13. The first kappa shape index (κ1) is 13.0. The summed E-state index contributed by atoms with van der Waals surface area (Å²) in [7, 11) is 1.80. The molecule has 0 aliphatic heterocycles. The molecule has 2 atom stereocenters. The van der Waals surface area contributed by atoms with Crippen molar-refractivity contribution in [1.29, 1.82) is 0 Å². The van der Waals surface area contributed by atoms with E-state index in [9.17, 15) is 4.39 Å². The number of nitrogens with two attached hydrogens (primary N) is 1. The Bertz CT molecular complexity index is 526. The monoisotopic (exact) mass is 266 g/mol. The highest BCUT2D eigenvalue weighted by molar-refractivity contribution is 7.99. The molecule has 2 unspecified atom stereocenters. The predicted molar refractivity (Wildman–Crippen MR) is 69.7 cm³/mol. The number of aryl methyl sites for hydroxylation is 1. The normalized spacial score (nSPS) is 14.4. The Morgan fingerprint density at radius 2 is 2.11 bits per heavy atom. The average Bonchev–Trinajstić information content (AvgIpc) is 2.73. The molecule has 18 heavy (non-hydrogen) atoms. The van der Waals surface area contributed by atoms with E-state index in [1.807, 2.05) is 13.0 Å². The molecule has 2 aromatic rings. The van der Waals surface area contributed by atoms with Crippen molar-refractivity contribution in [2.24, 2.45) is 12.8 Å². The second-order valence-corrected chi connectivity index (χ2v) is 5.19. The van der Waals surface area contributed by atoms with Gasteiger partial charge in [-0.2, -0.15) is 5.10 Å². The van der Waals surface area contributed by atoms with Crippen molar-refractivity contribution in [2.45, 2.75) is 23.4 Å². The number of hydrogen-bond donors (Lipinski definition) is 1. The molecule has 1 aromatic carbocycles. The van der Waals surface area contributed by atoms with Gasteiger partial charge in [0, 0.05) is 18.7 Å². The van der Waals surface area contributed by atoms with Crippen LogP contribution in [0.2, 0.25) is 0 Å². The molecule has 0 amide bonds. The summed E-state index contributed by atoms with van der Waals surface area (Å²) in [5.41, 5.74) is 6.56. The molecule has 0 spiro atoms. The van der Waals surface area contributed by atoms with E-state index < -0.39 is 0 Å². The van der Waals surface area contributed by atoms with Gasteiger partial charge in [0.05, 0.1) is 5.25 Å². The maximum Gasteiger partial charge on any atom is 0.186 e. The molecule has 2 rings (SSSR count). The van der Waals surface area contributed by atoms with Crippen molar-refractivity contribution in [3.05, 3.63) is 42.0 Å². The van der Waals surface area contributed by atoms with E-state index in [1.165, 1.54) is 24.2 Å². The molecule has 0 radical (unpaired) electrons. The van der Waals surface area contributed by atoms with Gasteiger partial charge < -0.3 is 5.73 Å². The van der Waals surface area contributed by atoms with E-state index >= 15 is 0 Å². The third-order valence-corrected chi connectivity index (χ3v) is 4.11. The lowest BCUT2D eigenvalue weighted by atomic mass is 10.1. The van der Waals surface area contributed by atoms with Gasteiger partial charge in [-0.05, 0) is 13.0 Å². The summed E-state index contributed by atoms with van der Waals surface area (Å²) in [6, 6.07) is 6.49. The molecule has 0 bridgehead atoms. The summed E-state index contributed by atoms with van der Waals surface area (Å²) in [6.45, 7) is 1.86.